The Morgan fingerprint density at radius 2 is 2.17 bits per heavy atom. The van der Waals surface area contributed by atoms with Crippen LogP contribution in [0.4, 0.5) is 0 Å². The molecular weight excluding hydrogens is 260 g/mol. The third-order valence-corrected chi connectivity index (χ3v) is 3.09. The van der Waals surface area contributed by atoms with E-state index in [9.17, 15) is 18.3 Å². The molecule has 2 rings (SSSR count). The van der Waals surface area contributed by atoms with Crippen LogP contribution >= 0.6 is 0 Å². The lowest BCUT2D eigenvalue weighted by molar-refractivity contribution is 0.0693. The quantitative estimate of drug-likeness (QED) is 0.829. The molecule has 0 unspecified atom stereocenters. The Balaban J connectivity index is 2.77. The number of fused-ring (bicyclic) bond motifs is 1. The van der Waals surface area contributed by atoms with Crippen molar-refractivity contribution in [3.63, 3.8) is 0 Å². The topological polar surface area (TPSA) is 109 Å². The second-order valence-corrected chi connectivity index (χ2v) is 6.00. The fourth-order valence-corrected chi connectivity index (χ4v) is 2.34. The summed E-state index contributed by atoms with van der Waals surface area (Å²) in [7, 11) is -3.35. The molecule has 2 aromatic rings. The van der Waals surface area contributed by atoms with Gasteiger partial charge in [0, 0.05) is 12.5 Å². The summed E-state index contributed by atoms with van der Waals surface area (Å²) in [6, 6.07) is 2.79. The molecule has 0 saturated heterocycles. The summed E-state index contributed by atoms with van der Waals surface area (Å²) in [6.45, 7) is 0. The van der Waals surface area contributed by atoms with Gasteiger partial charge >= 0.3 is 5.97 Å². The van der Waals surface area contributed by atoms with Crippen LogP contribution in [0.2, 0.25) is 0 Å². The molecule has 0 fully saturated rings. The minimum atomic E-state index is -3.35. The van der Waals surface area contributed by atoms with E-state index in [0.717, 1.165) is 6.26 Å². The van der Waals surface area contributed by atoms with Crippen LogP contribution in [0.25, 0.3) is 5.52 Å². The molecule has 0 aromatic carbocycles. The molecular formula is C10H10N2O5S. The zero-order valence-corrected chi connectivity index (χ0v) is 10.2. The van der Waals surface area contributed by atoms with Gasteiger partial charge in [0.05, 0.1) is 0 Å². The standard InChI is InChI=1S/C10H10N2O5S/c1-18(16,17)5-7-11-8(10(14)15)9-6(13)3-2-4-12(7)9/h2-4,13H,5H2,1H3,(H,14,15). The van der Waals surface area contributed by atoms with Crippen LogP contribution < -0.4 is 0 Å². The maximum absolute atomic E-state index is 11.2. The maximum Gasteiger partial charge on any atom is 0.356 e. The number of aromatic carboxylic acids is 1. The Hall–Kier alpha value is -2.09. The molecule has 0 aliphatic carbocycles. The minimum absolute atomic E-state index is 0.0105. The summed E-state index contributed by atoms with van der Waals surface area (Å²) in [5.41, 5.74) is -0.379. The number of nitrogens with zero attached hydrogens (tertiary/aromatic N) is 2. The zero-order chi connectivity index (χ0) is 13.5. The molecule has 0 saturated carbocycles. The van der Waals surface area contributed by atoms with Gasteiger partial charge in [-0.3, -0.25) is 4.40 Å². The van der Waals surface area contributed by atoms with E-state index < -0.39 is 21.6 Å². The Kier molecular flexibility index (Phi) is 2.74. The van der Waals surface area contributed by atoms with Crippen molar-refractivity contribution in [2.75, 3.05) is 6.26 Å². The number of hydrogen-bond donors (Lipinski definition) is 2. The van der Waals surface area contributed by atoms with Gasteiger partial charge in [-0.15, -0.1) is 0 Å². The van der Waals surface area contributed by atoms with Crippen LogP contribution in [-0.4, -0.2) is 40.2 Å². The van der Waals surface area contributed by atoms with Gasteiger partial charge in [0.1, 0.15) is 22.8 Å². The first-order valence-electron chi connectivity index (χ1n) is 4.89. The average Bonchev–Trinajstić information content (AvgIpc) is 2.56. The normalized spacial score (nSPS) is 11.8. The SMILES string of the molecule is CS(=O)(=O)Cc1nc(C(=O)O)c2c(O)cccn12. The molecule has 96 valence electrons. The second kappa shape index (κ2) is 3.98. The zero-order valence-electron chi connectivity index (χ0n) is 9.36. The smallest absolute Gasteiger partial charge is 0.356 e. The van der Waals surface area contributed by atoms with Gasteiger partial charge in [-0.2, -0.15) is 0 Å². The number of rotatable bonds is 3. The first kappa shape index (κ1) is 12.4. The number of carboxylic acids is 1. The van der Waals surface area contributed by atoms with Crippen LogP contribution in [0.1, 0.15) is 16.3 Å². The molecule has 18 heavy (non-hydrogen) atoms. The highest BCUT2D eigenvalue weighted by Gasteiger charge is 2.21. The van der Waals surface area contributed by atoms with E-state index in [-0.39, 0.29) is 22.8 Å². The molecule has 2 N–H and O–H groups in total. The lowest BCUT2D eigenvalue weighted by atomic mass is 10.3. The Labute approximate surface area is 102 Å². The molecule has 8 heteroatoms. The highest BCUT2D eigenvalue weighted by molar-refractivity contribution is 7.89. The van der Waals surface area contributed by atoms with E-state index in [1.54, 1.807) is 0 Å². The molecule has 0 aliphatic rings. The van der Waals surface area contributed by atoms with Gasteiger partial charge in [-0.1, -0.05) is 0 Å². The van der Waals surface area contributed by atoms with E-state index in [2.05, 4.69) is 4.98 Å². The third-order valence-electron chi connectivity index (χ3n) is 2.31. The van der Waals surface area contributed by atoms with Gasteiger partial charge in [-0.25, -0.2) is 18.2 Å². The van der Waals surface area contributed by atoms with Crippen molar-refractivity contribution < 1.29 is 23.4 Å². The van der Waals surface area contributed by atoms with Gasteiger partial charge in [0.25, 0.3) is 0 Å². The lowest BCUT2D eigenvalue weighted by Gasteiger charge is -2.00. The highest BCUT2D eigenvalue weighted by Crippen LogP contribution is 2.24. The predicted octanol–water partition coefficient (Wildman–Crippen LogP) is 0.283. The second-order valence-electron chi connectivity index (χ2n) is 3.86. The first-order chi connectivity index (χ1) is 8.29. The summed E-state index contributed by atoms with van der Waals surface area (Å²) >= 11 is 0. The number of sulfone groups is 1. The molecule has 0 atom stereocenters. The Morgan fingerprint density at radius 1 is 1.50 bits per heavy atom. The molecule has 0 bridgehead atoms. The number of aromatic hydroxyl groups is 1. The van der Waals surface area contributed by atoms with Crippen molar-refractivity contribution in [3.05, 3.63) is 29.8 Å². The minimum Gasteiger partial charge on any atom is -0.506 e. The van der Waals surface area contributed by atoms with Crippen LogP contribution in [0.3, 0.4) is 0 Å². The summed E-state index contributed by atoms with van der Waals surface area (Å²) < 4.78 is 23.8. The van der Waals surface area contributed by atoms with Crippen molar-refractivity contribution in [2.24, 2.45) is 0 Å². The molecule has 0 amide bonds. The Morgan fingerprint density at radius 3 is 2.72 bits per heavy atom. The van der Waals surface area contributed by atoms with Crippen molar-refractivity contribution in [1.82, 2.24) is 9.38 Å². The first-order valence-corrected chi connectivity index (χ1v) is 6.95. The van der Waals surface area contributed by atoms with Crippen LogP contribution in [0.5, 0.6) is 5.75 Å². The number of imidazole rings is 1. The van der Waals surface area contributed by atoms with E-state index in [1.165, 1.54) is 22.7 Å². The number of carbonyl (C=O) groups is 1. The van der Waals surface area contributed by atoms with E-state index in [1.807, 2.05) is 0 Å². The lowest BCUT2D eigenvalue weighted by Crippen LogP contribution is -2.05. The van der Waals surface area contributed by atoms with Crippen LogP contribution in [0, 0.1) is 0 Å². The largest absolute Gasteiger partial charge is 0.506 e. The number of aromatic nitrogens is 2. The van der Waals surface area contributed by atoms with Gasteiger partial charge in [-0.05, 0) is 12.1 Å². The van der Waals surface area contributed by atoms with E-state index in [0.29, 0.717) is 0 Å². The number of hydrogen-bond acceptors (Lipinski definition) is 5. The molecule has 2 aromatic heterocycles. The van der Waals surface area contributed by atoms with Gasteiger partial charge in [0.15, 0.2) is 15.5 Å². The molecule has 0 spiro atoms. The van der Waals surface area contributed by atoms with Crippen molar-refractivity contribution in [2.45, 2.75) is 5.75 Å². The highest BCUT2D eigenvalue weighted by atomic mass is 32.2. The predicted molar refractivity (Wildman–Crippen MR) is 62.4 cm³/mol. The fourth-order valence-electron chi connectivity index (χ4n) is 1.67. The fraction of sp³-hybridized carbons (Fsp3) is 0.200. The number of carboxylic acid groups (broad SMARTS) is 1. The average molecular weight is 270 g/mol. The van der Waals surface area contributed by atoms with Crippen molar-refractivity contribution >= 4 is 21.3 Å². The molecule has 0 aliphatic heterocycles. The maximum atomic E-state index is 11.2. The molecule has 0 radical (unpaired) electrons. The Bertz CT molecular complexity index is 732. The van der Waals surface area contributed by atoms with Crippen molar-refractivity contribution in [1.29, 1.82) is 0 Å². The van der Waals surface area contributed by atoms with Gasteiger partial charge < -0.3 is 10.2 Å². The number of pyridine rings is 1. The van der Waals surface area contributed by atoms with E-state index in [4.69, 9.17) is 5.11 Å². The third kappa shape index (κ3) is 2.14. The van der Waals surface area contributed by atoms with Gasteiger partial charge in [0.2, 0.25) is 0 Å². The monoisotopic (exact) mass is 270 g/mol. The molecule has 7 nitrogen and oxygen atoms in total. The van der Waals surface area contributed by atoms with Crippen molar-refractivity contribution in [3.8, 4) is 5.75 Å². The summed E-state index contributed by atoms with van der Waals surface area (Å²) in [4.78, 5) is 14.8. The molecule has 2 heterocycles. The summed E-state index contributed by atoms with van der Waals surface area (Å²) in [5, 5.41) is 18.6. The summed E-state index contributed by atoms with van der Waals surface area (Å²) in [6.07, 6.45) is 2.48. The van der Waals surface area contributed by atoms with E-state index >= 15 is 0 Å². The summed E-state index contributed by atoms with van der Waals surface area (Å²) in [5.74, 6) is -1.93. The van der Waals surface area contributed by atoms with Crippen LogP contribution in [-0.2, 0) is 15.6 Å². The van der Waals surface area contributed by atoms with Crippen LogP contribution in [0.15, 0.2) is 18.3 Å².